The smallest absolute Gasteiger partial charge is 0.416 e. The number of methoxy groups -OCH3 is 1. The monoisotopic (exact) mass is 578 g/mol. The molecule has 0 saturated carbocycles. The number of fused-ring (bicyclic) bond motifs is 1. The highest BCUT2D eigenvalue weighted by Crippen LogP contribution is 2.37. The third kappa shape index (κ3) is 6.33. The number of primary amides is 1. The fourth-order valence-electron chi connectivity index (χ4n) is 5.49. The minimum atomic E-state index is -4.53. The number of benzene rings is 3. The highest BCUT2D eigenvalue weighted by atomic mass is 19.4. The van der Waals surface area contributed by atoms with Gasteiger partial charge >= 0.3 is 6.18 Å². The zero-order valence-corrected chi connectivity index (χ0v) is 23.5. The third-order valence-corrected chi connectivity index (χ3v) is 7.90. The number of piperidine rings is 1. The lowest BCUT2D eigenvalue weighted by atomic mass is 9.89. The van der Waals surface area contributed by atoms with E-state index in [2.05, 4.69) is 21.8 Å². The summed E-state index contributed by atoms with van der Waals surface area (Å²) in [5.41, 5.74) is 7.50. The average molecular weight is 579 g/mol. The van der Waals surface area contributed by atoms with Crippen molar-refractivity contribution < 1.29 is 27.4 Å². The Balaban J connectivity index is 1.41. The quantitative estimate of drug-likeness (QED) is 0.260. The Labute approximate surface area is 242 Å². The van der Waals surface area contributed by atoms with Gasteiger partial charge in [0.1, 0.15) is 6.33 Å². The lowest BCUT2D eigenvalue weighted by Gasteiger charge is -2.30. The Bertz CT molecular complexity index is 1550. The van der Waals surface area contributed by atoms with Gasteiger partial charge in [-0.05, 0) is 61.7 Å². The maximum Gasteiger partial charge on any atom is 0.416 e. The van der Waals surface area contributed by atoms with E-state index in [1.54, 1.807) is 31.4 Å². The molecule has 5 rings (SSSR count). The number of alkyl halides is 3. The van der Waals surface area contributed by atoms with Crippen LogP contribution in [0.3, 0.4) is 0 Å². The van der Waals surface area contributed by atoms with Gasteiger partial charge in [-0.2, -0.15) is 13.2 Å². The first-order chi connectivity index (χ1) is 20.2. The predicted molar refractivity (Wildman–Crippen MR) is 154 cm³/mol. The molecule has 0 spiro atoms. The van der Waals surface area contributed by atoms with Crippen molar-refractivity contribution in [2.75, 3.05) is 33.4 Å². The molecule has 0 aliphatic carbocycles. The van der Waals surface area contributed by atoms with Crippen LogP contribution in [0.5, 0.6) is 11.5 Å². The van der Waals surface area contributed by atoms with E-state index >= 15 is 0 Å². The van der Waals surface area contributed by atoms with Gasteiger partial charge in [-0.25, -0.2) is 9.97 Å². The molecule has 1 atom stereocenters. The van der Waals surface area contributed by atoms with Gasteiger partial charge in [-0.3, -0.25) is 4.79 Å². The summed E-state index contributed by atoms with van der Waals surface area (Å²) >= 11 is 0. The van der Waals surface area contributed by atoms with Gasteiger partial charge in [0.25, 0.3) is 0 Å². The number of amides is 1. The van der Waals surface area contributed by atoms with E-state index in [4.69, 9.17) is 15.2 Å². The summed E-state index contributed by atoms with van der Waals surface area (Å²) < 4.78 is 51.7. The van der Waals surface area contributed by atoms with Gasteiger partial charge < -0.3 is 20.1 Å². The molecule has 1 unspecified atom stereocenters. The summed E-state index contributed by atoms with van der Waals surface area (Å²) in [6.07, 6.45) is -0.876. The summed E-state index contributed by atoms with van der Waals surface area (Å²) in [7, 11) is 1.59. The van der Waals surface area contributed by atoms with Gasteiger partial charge in [0, 0.05) is 17.0 Å². The minimum absolute atomic E-state index is 0.172. The van der Waals surface area contributed by atoms with Crippen molar-refractivity contribution in [3.63, 3.8) is 0 Å². The van der Waals surface area contributed by atoms with Crippen LogP contribution in [0, 0.1) is 5.92 Å². The van der Waals surface area contributed by atoms with Crippen molar-refractivity contribution in [3.05, 3.63) is 83.7 Å². The number of hydrogen-bond donors (Lipinski definition) is 1. The summed E-state index contributed by atoms with van der Waals surface area (Å²) in [5.74, 6) is -0.124. The second-order valence-corrected chi connectivity index (χ2v) is 10.5. The van der Waals surface area contributed by atoms with Gasteiger partial charge in [-0.15, -0.1) is 0 Å². The highest BCUT2D eigenvalue weighted by Gasteiger charge is 2.32. The number of nitrogens with two attached hydrogens (primary N) is 1. The Hall–Kier alpha value is -4.18. The molecular weight excluding hydrogens is 545 g/mol. The second kappa shape index (κ2) is 12.4. The maximum absolute atomic E-state index is 13.3. The highest BCUT2D eigenvalue weighted by molar-refractivity contribution is 5.94. The van der Waals surface area contributed by atoms with Crippen molar-refractivity contribution in [1.29, 1.82) is 0 Å². The van der Waals surface area contributed by atoms with E-state index < -0.39 is 23.6 Å². The number of likely N-dealkylation sites (tertiary alicyclic amines) is 1. The lowest BCUT2D eigenvalue weighted by Crippen LogP contribution is -2.35. The van der Waals surface area contributed by atoms with Crippen LogP contribution in [0.4, 0.5) is 13.2 Å². The molecule has 10 heteroatoms. The van der Waals surface area contributed by atoms with Crippen molar-refractivity contribution >= 4 is 16.8 Å². The molecule has 2 heterocycles. The number of ether oxygens (including phenoxy) is 2. The first-order valence-corrected chi connectivity index (χ1v) is 13.9. The molecule has 1 amide bonds. The first kappa shape index (κ1) is 29.3. The summed E-state index contributed by atoms with van der Waals surface area (Å²) in [6.45, 7) is 6.01. The van der Waals surface area contributed by atoms with Crippen LogP contribution in [-0.2, 0) is 11.0 Å². The molecule has 1 saturated heterocycles. The van der Waals surface area contributed by atoms with Crippen molar-refractivity contribution in [2.45, 2.75) is 31.9 Å². The topological polar surface area (TPSA) is 90.6 Å². The Morgan fingerprint density at radius 1 is 1.02 bits per heavy atom. The molecule has 1 aliphatic heterocycles. The van der Waals surface area contributed by atoms with Crippen molar-refractivity contribution in [1.82, 2.24) is 14.9 Å². The van der Waals surface area contributed by atoms with Crippen LogP contribution in [-0.4, -0.2) is 54.1 Å². The second-order valence-electron chi connectivity index (χ2n) is 10.5. The van der Waals surface area contributed by atoms with Gasteiger partial charge in [-0.1, -0.05) is 49.4 Å². The standard InChI is InChI=1S/C32H33F3N4O3/c1-3-39-13-11-20(12-14-39)18-42-28-17-26-25(16-27(28)41-2)30(38-19-37-26)22-9-7-21(8-10-22)29(31(36)40)23-5-4-6-24(15-23)32(33,34)35/h4-10,15-17,19-20,29H,3,11-14,18H2,1-2H3,(H2,36,40). The lowest BCUT2D eigenvalue weighted by molar-refractivity contribution is -0.137. The molecule has 7 nitrogen and oxygen atoms in total. The van der Waals surface area contributed by atoms with Gasteiger partial charge in [0.05, 0.1) is 36.4 Å². The third-order valence-electron chi connectivity index (χ3n) is 7.90. The van der Waals surface area contributed by atoms with Crippen LogP contribution in [0.1, 0.15) is 42.4 Å². The summed E-state index contributed by atoms with van der Waals surface area (Å²) in [4.78, 5) is 23.8. The largest absolute Gasteiger partial charge is 0.493 e. The maximum atomic E-state index is 13.3. The van der Waals surface area contributed by atoms with E-state index in [0.717, 1.165) is 55.6 Å². The van der Waals surface area contributed by atoms with E-state index in [1.165, 1.54) is 18.5 Å². The minimum Gasteiger partial charge on any atom is -0.493 e. The van der Waals surface area contributed by atoms with Crippen LogP contribution in [0.2, 0.25) is 0 Å². The summed E-state index contributed by atoms with van der Waals surface area (Å²) in [6, 6.07) is 15.3. The van der Waals surface area contributed by atoms with Gasteiger partial charge in [0.2, 0.25) is 5.91 Å². The predicted octanol–water partition coefficient (Wildman–Crippen LogP) is 6.05. The zero-order valence-electron chi connectivity index (χ0n) is 23.5. The molecule has 0 radical (unpaired) electrons. The fraction of sp³-hybridized carbons (Fsp3) is 0.344. The number of nitrogens with zero attached hydrogens (tertiary/aromatic N) is 3. The number of halogens is 3. The Kier molecular flexibility index (Phi) is 8.63. The number of carbonyl (C=O) groups excluding carboxylic acids is 1. The van der Waals surface area contributed by atoms with Gasteiger partial charge in [0.15, 0.2) is 11.5 Å². The molecule has 1 aliphatic rings. The van der Waals surface area contributed by atoms with E-state index in [0.29, 0.717) is 40.8 Å². The molecule has 42 heavy (non-hydrogen) atoms. The Morgan fingerprint density at radius 3 is 2.40 bits per heavy atom. The normalized spacial score (nSPS) is 15.5. The molecule has 220 valence electrons. The fourth-order valence-corrected chi connectivity index (χ4v) is 5.49. The SMILES string of the molecule is CCN1CCC(COc2cc3ncnc(-c4ccc(C(C(N)=O)c5cccc(C(F)(F)F)c5)cc4)c3cc2OC)CC1. The number of rotatable bonds is 9. The molecule has 1 aromatic heterocycles. The van der Waals surface area contributed by atoms with Crippen LogP contribution in [0.25, 0.3) is 22.2 Å². The van der Waals surface area contributed by atoms with E-state index in [1.807, 2.05) is 12.1 Å². The molecule has 4 aromatic rings. The molecule has 0 bridgehead atoms. The number of carbonyl (C=O) groups is 1. The molecule has 1 fully saturated rings. The number of hydrogen-bond acceptors (Lipinski definition) is 6. The van der Waals surface area contributed by atoms with Crippen LogP contribution in [0.15, 0.2) is 67.0 Å². The average Bonchev–Trinajstić information content (AvgIpc) is 2.99. The number of aromatic nitrogens is 2. The van der Waals surface area contributed by atoms with Crippen molar-refractivity contribution in [2.24, 2.45) is 11.7 Å². The van der Waals surface area contributed by atoms with E-state index in [-0.39, 0.29) is 5.56 Å². The van der Waals surface area contributed by atoms with E-state index in [9.17, 15) is 18.0 Å². The summed E-state index contributed by atoms with van der Waals surface area (Å²) in [5, 5.41) is 0.745. The van der Waals surface area contributed by atoms with Crippen LogP contribution >= 0.6 is 0 Å². The molecular formula is C32H33F3N4O3. The molecule has 2 N–H and O–H groups in total. The first-order valence-electron chi connectivity index (χ1n) is 13.9. The Morgan fingerprint density at radius 2 is 1.76 bits per heavy atom. The molecule has 3 aromatic carbocycles. The zero-order chi connectivity index (χ0) is 29.9. The van der Waals surface area contributed by atoms with Crippen LogP contribution < -0.4 is 15.2 Å². The van der Waals surface area contributed by atoms with Crippen molar-refractivity contribution in [3.8, 4) is 22.8 Å².